The molecule has 0 fully saturated rings. The van der Waals surface area contributed by atoms with E-state index < -0.39 is 0 Å². The number of rotatable bonds is 7. The molecule has 0 radical (unpaired) electrons. The van der Waals surface area contributed by atoms with Crippen molar-refractivity contribution in [3.63, 3.8) is 0 Å². The minimum absolute atomic E-state index is 1.14. The van der Waals surface area contributed by atoms with Crippen molar-refractivity contribution < 1.29 is 0 Å². The molecule has 0 saturated carbocycles. The largest absolute Gasteiger partial charge is 0.309 e. The number of para-hydroxylation sites is 2. The molecule has 2 heteroatoms. The van der Waals surface area contributed by atoms with Gasteiger partial charge in [0.25, 0.3) is 0 Å². The number of nitrogens with zero attached hydrogens (tertiary/aromatic N) is 2. The van der Waals surface area contributed by atoms with Crippen LogP contribution in [0.25, 0.3) is 111 Å². The Labute approximate surface area is 360 Å². The third kappa shape index (κ3) is 6.04. The fourth-order valence-corrected chi connectivity index (χ4v) is 9.54. The quantitative estimate of drug-likeness (QED) is 0.152. The van der Waals surface area contributed by atoms with E-state index in [1.54, 1.807) is 0 Å². The van der Waals surface area contributed by atoms with Crippen LogP contribution in [0, 0.1) is 0 Å². The lowest BCUT2D eigenvalue weighted by molar-refractivity contribution is 1.18. The first-order chi connectivity index (χ1) is 30.7. The van der Waals surface area contributed by atoms with Gasteiger partial charge in [0.1, 0.15) is 0 Å². The highest BCUT2D eigenvalue weighted by atomic mass is 15.0. The molecule has 0 saturated heterocycles. The van der Waals surface area contributed by atoms with Gasteiger partial charge in [-0.2, -0.15) is 0 Å². The van der Waals surface area contributed by atoms with Gasteiger partial charge in [0.2, 0.25) is 0 Å². The van der Waals surface area contributed by atoms with Crippen LogP contribution in [0.15, 0.2) is 243 Å². The van der Waals surface area contributed by atoms with Crippen LogP contribution in [0.2, 0.25) is 0 Å². The van der Waals surface area contributed by atoms with Gasteiger partial charge in [-0.15, -0.1) is 0 Å². The number of aromatic nitrogens is 2. The Balaban J connectivity index is 0.967. The first-order valence-electron chi connectivity index (χ1n) is 21.3. The molecular weight excluding hydrogens is 749 g/mol. The van der Waals surface area contributed by atoms with Crippen molar-refractivity contribution in [2.24, 2.45) is 0 Å². The van der Waals surface area contributed by atoms with E-state index in [-0.39, 0.29) is 0 Å². The van der Waals surface area contributed by atoms with Crippen molar-refractivity contribution in [3.05, 3.63) is 243 Å². The fourth-order valence-electron chi connectivity index (χ4n) is 9.54. The molecule has 0 amide bonds. The molecule has 2 nitrogen and oxygen atoms in total. The lowest BCUT2D eigenvalue weighted by atomic mass is 9.99. The molecule has 0 aliphatic carbocycles. The average Bonchev–Trinajstić information content (AvgIpc) is 3.87. The van der Waals surface area contributed by atoms with Crippen molar-refractivity contribution in [3.8, 4) is 67.0 Å². The van der Waals surface area contributed by atoms with Crippen molar-refractivity contribution in [1.29, 1.82) is 0 Å². The Morgan fingerprint density at radius 1 is 0.210 bits per heavy atom. The van der Waals surface area contributed by atoms with Gasteiger partial charge in [0.05, 0.1) is 22.1 Å². The summed E-state index contributed by atoms with van der Waals surface area (Å²) in [6.07, 6.45) is 0. The lowest BCUT2D eigenvalue weighted by Gasteiger charge is -2.13. The Hall–Kier alpha value is -8.20. The highest BCUT2D eigenvalue weighted by Gasteiger charge is 2.19. The molecule has 10 aromatic carbocycles. The zero-order valence-corrected chi connectivity index (χ0v) is 34.0. The molecule has 0 spiro atoms. The molecule has 0 aliphatic heterocycles. The molecule has 0 aliphatic rings. The summed E-state index contributed by atoms with van der Waals surface area (Å²) < 4.78 is 4.86. The van der Waals surface area contributed by atoms with Crippen molar-refractivity contribution in [2.45, 2.75) is 0 Å². The molecule has 0 N–H and O–H groups in total. The second-order valence-electron chi connectivity index (χ2n) is 16.1. The smallest absolute Gasteiger partial charge is 0.0619 e. The highest BCUT2D eigenvalue weighted by molar-refractivity contribution is 6.15. The molecule has 0 bridgehead atoms. The summed E-state index contributed by atoms with van der Waals surface area (Å²) in [5.74, 6) is 0. The van der Waals surface area contributed by atoms with Crippen LogP contribution in [-0.2, 0) is 0 Å². The van der Waals surface area contributed by atoms with Crippen LogP contribution in [0.4, 0.5) is 0 Å². The van der Waals surface area contributed by atoms with E-state index in [9.17, 15) is 0 Å². The maximum Gasteiger partial charge on any atom is 0.0619 e. The molecule has 2 aromatic heterocycles. The summed E-state index contributed by atoms with van der Waals surface area (Å²) in [4.78, 5) is 0. The van der Waals surface area contributed by atoms with E-state index >= 15 is 0 Å². The Morgan fingerprint density at radius 3 is 1.23 bits per heavy atom. The van der Waals surface area contributed by atoms with Gasteiger partial charge < -0.3 is 9.13 Å². The number of benzene rings is 10. The Morgan fingerprint density at radius 2 is 0.597 bits per heavy atom. The first-order valence-corrected chi connectivity index (χ1v) is 21.3. The minimum Gasteiger partial charge on any atom is -0.309 e. The fraction of sp³-hybridized carbons (Fsp3) is 0. The van der Waals surface area contributed by atoms with Gasteiger partial charge in [-0.25, -0.2) is 0 Å². The number of hydrogen-bond donors (Lipinski definition) is 0. The van der Waals surface area contributed by atoms with Gasteiger partial charge in [-0.05, 0) is 111 Å². The maximum atomic E-state index is 2.45. The predicted molar refractivity (Wildman–Crippen MR) is 262 cm³/mol. The third-order valence-electron chi connectivity index (χ3n) is 12.5. The topological polar surface area (TPSA) is 9.86 Å². The molecule has 0 atom stereocenters. The number of hydrogen-bond acceptors (Lipinski definition) is 0. The second kappa shape index (κ2) is 14.8. The normalized spacial score (nSPS) is 11.5. The van der Waals surface area contributed by atoms with Crippen LogP contribution >= 0.6 is 0 Å². The zero-order chi connectivity index (χ0) is 41.0. The summed E-state index contributed by atoms with van der Waals surface area (Å²) in [5, 5.41) is 4.96. The van der Waals surface area contributed by atoms with Crippen LogP contribution in [0.5, 0.6) is 0 Å². The molecule has 62 heavy (non-hydrogen) atoms. The van der Waals surface area contributed by atoms with Gasteiger partial charge >= 0.3 is 0 Å². The first kappa shape index (κ1) is 35.7. The Kier molecular flexibility index (Phi) is 8.53. The zero-order valence-electron chi connectivity index (χ0n) is 34.0. The van der Waals surface area contributed by atoms with Crippen molar-refractivity contribution in [1.82, 2.24) is 9.13 Å². The molecule has 12 rings (SSSR count). The van der Waals surface area contributed by atoms with E-state index in [4.69, 9.17) is 0 Å². The SMILES string of the molecule is c1ccc(-c2ccc(-n3c4ccc(-c5ccc6c(c5)c5ccccc5n6-c5ccc(-c6cccc(-c7ccccc7)c6)cc5)cc4c4cccc(-c5ccccc5)c43)cc2)cc1. The lowest BCUT2D eigenvalue weighted by Crippen LogP contribution is -1.95. The van der Waals surface area contributed by atoms with E-state index in [0.717, 1.165) is 11.4 Å². The van der Waals surface area contributed by atoms with Crippen LogP contribution in [-0.4, -0.2) is 9.13 Å². The summed E-state index contributed by atoms with van der Waals surface area (Å²) in [7, 11) is 0. The summed E-state index contributed by atoms with van der Waals surface area (Å²) in [6, 6.07) is 88.3. The monoisotopic (exact) mass is 788 g/mol. The highest BCUT2D eigenvalue weighted by Crippen LogP contribution is 2.41. The molecule has 0 unspecified atom stereocenters. The van der Waals surface area contributed by atoms with E-state index in [1.165, 1.54) is 99.2 Å². The van der Waals surface area contributed by atoms with Gasteiger partial charge in [-0.1, -0.05) is 182 Å². The maximum absolute atomic E-state index is 2.45. The predicted octanol–water partition coefficient (Wildman–Crippen LogP) is 16.2. The third-order valence-corrected chi connectivity index (χ3v) is 12.5. The van der Waals surface area contributed by atoms with Crippen LogP contribution < -0.4 is 0 Å². The standard InChI is InChI=1S/C60H40N2/c1-4-14-41(15-5-1)43-26-34-51(35-27-43)62-59-37-31-49(40-56(59)54-24-13-23-52(60(54)62)45-18-8-3-9-19-45)48-30-36-58-55(39-48)53-22-10-11-25-57(53)61(58)50-32-28-44(29-33-50)47-21-12-20-46(38-47)42-16-6-2-7-17-42/h1-40H. The van der Waals surface area contributed by atoms with E-state index in [0.29, 0.717) is 0 Å². The summed E-state index contributed by atoms with van der Waals surface area (Å²) in [5.41, 5.74) is 19.2. The molecular formula is C60H40N2. The van der Waals surface area contributed by atoms with Crippen molar-refractivity contribution in [2.75, 3.05) is 0 Å². The van der Waals surface area contributed by atoms with Gasteiger partial charge in [0.15, 0.2) is 0 Å². The molecule has 2 heterocycles. The average molecular weight is 789 g/mol. The molecule has 12 aromatic rings. The van der Waals surface area contributed by atoms with Crippen LogP contribution in [0.1, 0.15) is 0 Å². The van der Waals surface area contributed by atoms with Crippen LogP contribution in [0.3, 0.4) is 0 Å². The minimum atomic E-state index is 1.14. The summed E-state index contributed by atoms with van der Waals surface area (Å²) >= 11 is 0. The van der Waals surface area contributed by atoms with Crippen molar-refractivity contribution >= 4 is 43.6 Å². The van der Waals surface area contributed by atoms with E-state index in [2.05, 4.69) is 252 Å². The molecule has 290 valence electrons. The van der Waals surface area contributed by atoms with Gasteiger partial charge in [-0.3, -0.25) is 0 Å². The Bertz CT molecular complexity index is 3580. The summed E-state index contributed by atoms with van der Waals surface area (Å²) in [6.45, 7) is 0. The van der Waals surface area contributed by atoms with E-state index in [1.807, 2.05) is 0 Å². The van der Waals surface area contributed by atoms with Gasteiger partial charge in [0, 0.05) is 38.5 Å². The second-order valence-corrected chi connectivity index (χ2v) is 16.1. The number of fused-ring (bicyclic) bond motifs is 6.